The summed E-state index contributed by atoms with van der Waals surface area (Å²) in [6.07, 6.45) is 0. The van der Waals surface area contributed by atoms with Crippen molar-refractivity contribution in [2.24, 2.45) is 4.99 Å². The molecule has 2 aromatic rings. The Morgan fingerprint density at radius 3 is 2.41 bits per heavy atom. The number of H-pyrrole nitrogens is 1. The van der Waals surface area contributed by atoms with Gasteiger partial charge in [-0.1, -0.05) is 31.1 Å². The van der Waals surface area contributed by atoms with E-state index in [1.54, 1.807) is 13.8 Å². The van der Waals surface area contributed by atoms with Crippen LogP contribution in [0, 0.1) is 0 Å². The predicted octanol–water partition coefficient (Wildman–Crippen LogP) is -0.331. The number of aliphatic imine (C=N–C) groups is 1. The molecule has 9 nitrogen and oxygen atoms in total. The van der Waals surface area contributed by atoms with Crippen LogP contribution in [0.2, 0.25) is 0 Å². The van der Waals surface area contributed by atoms with Crippen LogP contribution in [-0.2, 0) is 10.0 Å². The van der Waals surface area contributed by atoms with Crippen LogP contribution in [0.4, 0.5) is 5.95 Å². The maximum absolute atomic E-state index is 12.3. The third kappa shape index (κ3) is 3.28. The lowest BCUT2D eigenvalue weighted by Crippen LogP contribution is -2.30. The SMILES string of the molecule is CCN(CC)S(=O)(=O)c1ccc(C([O-])=Nc2nn[nH]n2)cc1. The molecule has 0 atom stereocenters. The van der Waals surface area contributed by atoms with E-state index in [2.05, 4.69) is 25.6 Å². The summed E-state index contributed by atoms with van der Waals surface area (Å²) in [4.78, 5) is 3.77. The molecule has 0 unspecified atom stereocenters. The van der Waals surface area contributed by atoms with E-state index >= 15 is 0 Å². The Bertz CT molecular complexity index is 736. The first-order valence-corrected chi connectivity index (χ1v) is 8.02. The summed E-state index contributed by atoms with van der Waals surface area (Å²) in [6.45, 7) is 4.30. The number of rotatable bonds is 6. The first kappa shape index (κ1) is 16.0. The zero-order valence-electron chi connectivity index (χ0n) is 12.1. The molecule has 0 bridgehead atoms. The zero-order valence-corrected chi connectivity index (χ0v) is 12.9. The van der Waals surface area contributed by atoms with Crippen molar-refractivity contribution < 1.29 is 13.5 Å². The molecule has 1 aromatic carbocycles. The number of hydrogen-bond donors (Lipinski definition) is 1. The van der Waals surface area contributed by atoms with E-state index in [0.717, 1.165) is 0 Å². The minimum atomic E-state index is -3.54. The minimum absolute atomic E-state index is 0.0789. The van der Waals surface area contributed by atoms with Crippen molar-refractivity contribution in [1.82, 2.24) is 24.9 Å². The van der Waals surface area contributed by atoms with Gasteiger partial charge in [0.25, 0.3) is 5.95 Å². The topological polar surface area (TPSA) is 127 Å². The monoisotopic (exact) mass is 323 g/mol. The van der Waals surface area contributed by atoms with Crippen LogP contribution in [0.5, 0.6) is 0 Å². The summed E-state index contributed by atoms with van der Waals surface area (Å²) < 4.78 is 26.0. The maximum atomic E-state index is 12.3. The summed E-state index contributed by atoms with van der Waals surface area (Å²) in [5.41, 5.74) is 0.239. The van der Waals surface area contributed by atoms with Crippen molar-refractivity contribution in [1.29, 1.82) is 0 Å². The van der Waals surface area contributed by atoms with E-state index in [9.17, 15) is 13.5 Å². The molecule has 0 fully saturated rings. The van der Waals surface area contributed by atoms with Gasteiger partial charge in [0.1, 0.15) is 0 Å². The summed E-state index contributed by atoms with van der Waals surface area (Å²) in [6, 6.07) is 5.57. The lowest BCUT2D eigenvalue weighted by atomic mass is 10.2. The van der Waals surface area contributed by atoms with Gasteiger partial charge in [0.15, 0.2) is 0 Å². The molecule has 1 aromatic heterocycles. The van der Waals surface area contributed by atoms with Crippen LogP contribution in [-0.4, -0.2) is 52.3 Å². The number of tetrazole rings is 1. The second-order valence-electron chi connectivity index (χ2n) is 4.24. The fourth-order valence-electron chi connectivity index (χ4n) is 1.84. The largest absolute Gasteiger partial charge is 0.858 e. The predicted molar refractivity (Wildman–Crippen MR) is 76.9 cm³/mol. The highest BCUT2D eigenvalue weighted by atomic mass is 32.2. The van der Waals surface area contributed by atoms with Gasteiger partial charge in [-0.05, 0) is 28.8 Å². The van der Waals surface area contributed by atoms with Crippen molar-refractivity contribution in [2.75, 3.05) is 13.1 Å². The summed E-state index contributed by atoms with van der Waals surface area (Å²) in [7, 11) is -3.54. The molecule has 0 amide bonds. The minimum Gasteiger partial charge on any atom is -0.858 e. The number of aromatic nitrogens is 4. The summed E-state index contributed by atoms with van der Waals surface area (Å²) in [5, 5.41) is 24.4. The summed E-state index contributed by atoms with van der Waals surface area (Å²) >= 11 is 0. The van der Waals surface area contributed by atoms with E-state index in [-0.39, 0.29) is 16.4 Å². The van der Waals surface area contributed by atoms with Crippen molar-refractivity contribution in [3.8, 4) is 0 Å². The standard InChI is InChI=1S/C12H16N6O3S/c1-3-18(4-2)22(20,21)10-7-5-9(6-8-10)11(19)13-12-14-16-17-15-12/h5-8H,3-4H2,1-2H3,(H2,13,14,15,16,17,19)/p-1. The molecule has 2 rings (SSSR count). The van der Waals surface area contributed by atoms with Crippen LogP contribution in [0.3, 0.4) is 0 Å². The van der Waals surface area contributed by atoms with Gasteiger partial charge in [-0.2, -0.15) is 9.52 Å². The summed E-state index contributed by atoms with van der Waals surface area (Å²) in [5.74, 6) is -0.655. The number of hydrogen-bond acceptors (Lipinski definition) is 7. The van der Waals surface area contributed by atoms with Gasteiger partial charge in [-0.15, -0.1) is 5.10 Å². The molecule has 0 saturated carbocycles. The van der Waals surface area contributed by atoms with Gasteiger partial charge in [-0.25, -0.2) is 13.4 Å². The van der Waals surface area contributed by atoms with E-state index in [1.807, 2.05) is 0 Å². The molecule has 10 heteroatoms. The normalized spacial score (nSPS) is 12.8. The molecule has 0 radical (unpaired) electrons. The van der Waals surface area contributed by atoms with Crippen molar-refractivity contribution in [3.05, 3.63) is 29.8 Å². The lowest BCUT2D eigenvalue weighted by molar-refractivity contribution is -0.212. The van der Waals surface area contributed by atoms with Gasteiger partial charge >= 0.3 is 0 Å². The van der Waals surface area contributed by atoms with E-state index in [0.29, 0.717) is 13.1 Å². The van der Waals surface area contributed by atoms with Gasteiger partial charge in [0.2, 0.25) is 10.0 Å². The van der Waals surface area contributed by atoms with Crippen LogP contribution in [0.25, 0.3) is 0 Å². The Morgan fingerprint density at radius 2 is 1.91 bits per heavy atom. The highest BCUT2D eigenvalue weighted by Gasteiger charge is 2.21. The first-order valence-electron chi connectivity index (χ1n) is 6.58. The molecular formula is C12H15N6O3S-. The second-order valence-corrected chi connectivity index (χ2v) is 6.18. The van der Waals surface area contributed by atoms with Gasteiger partial charge < -0.3 is 5.11 Å². The molecule has 1 heterocycles. The molecule has 118 valence electrons. The Morgan fingerprint density at radius 1 is 1.27 bits per heavy atom. The zero-order chi connectivity index (χ0) is 16.2. The number of nitrogens with one attached hydrogen (secondary N) is 1. The van der Waals surface area contributed by atoms with Crippen LogP contribution in [0.15, 0.2) is 34.2 Å². The highest BCUT2D eigenvalue weighted by molar-refractivity contribution is 7.89. The van der Waals surface area contributed by atoms with Crippen LogP contribution < -0.4 is 5.11 Å². The first-order chi connectivity index (χ1) is 10.5. The smallest absolute Gasteiger partial charge is 0.288 e. The van der Waals surface area contributed by atoms with Crippen molar-refractivity contribution in [3.63, 3.8) is 0 Å². The Hall–Kier alpha value is -2.33. The number of nitrogens with zero attached hydrogens (tertiary/aromatic N) is 5. The van der Waals surface area contributed by atoms with Crippen molar-refractivity contribution in [2.45, 2.75) is 18.7 Å². The molecule has 0 aliphatic heterocycles. The van der Waals surface area contributed by atoms with E-state index < -0.39 is 15.9 Å². The molecule has 1 N–H and O–H groups in total. The quantitative estimate of drug-likeness (QED) is 0.572. The average molecular weight is 323 g/mol. The Kier molecular flexibility index (Phi) is 4.83. The maximum Gasteiger partial charge on any atom is 0.288 e. The molecule has 0 saturated heterocycles. The Labute approximate surface area is 127 Å². The number of aromatic amines is 1. The highest BCUT2D eigenvalue weighted by Crippen LogP contribution is 2.16. The lowest BCUT2D eigenvalue weighted by Gasteiger charge is -2.18. The van der Waals surface area contributed by atoms with Crippen molar-refractivity contribution >= 4 is 21.9 Å². The molecule has 22 heavy (non-hydrogen) atoms. The van der Waals surface area contributed by atoms with Gasteiger partial charge in [0, 0.05) is 13.1 Å². The molecule has 0 aliphatic rings. The van der Waals surface area contributed by atoms with Crippen LogP contribution in [0.1, 0.15) is 19.4 Å². The van der Waals surface area contributed by atoms with E-state index in [4.69, 9.17) is 0 Å². The van der Waals surface area contributed by atoms with Gasteiger partial charge in [0.05, 0.1) is 4.90 Å². The average Bonchev–Trinajstić information content (AvgIpc) is 3.01. The second kappa shape index (κ2) is 6.62. The fourth-order valence-corrected chi connectivity index (χ4v) is 3.30. The van der Waals surface area contributed by atoms with Gasteiger partial charge in [-0.3, -0.25) is 0 Å². The van der Waals surface area contributed by atoms with E-state index in [1.165, 1.54) is 28.6 Å². The molecule has 0 spiro atoms. The number of sulfonamides is 1. The van der Waals surface area contributed by atoms with Crippen LogP contribution >= 0.6 is 0 Å². The number of benzene rings is 1. The third-order valence-electron chi connectivity index (χ3n) is 2.98. The fraction of sp³-hybridized carbons (Fsp3) is 0.333. The Balaban J connectivity index is 2.27. The third-order valence-corrected chi connectivity index (χ3v) is 5.04. The molecular weight excluding hydrogens is 308 g/mol. The molecule has 0 aliphatic carbocycles.